The summed E-state index contributed by atoms with van der Waals surface area (Å²) in [5.41, 5.74) is 0. The highest BCUT2D eigenvalue weighted by molar-refractivity contribution is 6.12. The Kier molecular flexibility index (Phi) is 4.96. The standard InChI is InChI=1S/C17H20N2O6/c20-13-5-6-14(21)18(13)10-12-3-1-11(2-4-12)9-17(24)25-19-15(22)7-8-16(19)23/h5-6,11-12H,1-4,7-10H2/t11-,12-. The molecule has 0 atom stereocenters. The third kappa shape index (κ3) is 3.94. The lowest BCUT2D eigenvalue weighted by molar-refractivity contribution is -0.198. The predicted octanol–water partition coefficient (Wildman–Crippen LogP) is 0.715. The fourth-order valence-corrected chi connectivity index (χ4v) is 3.52. The first kappa shape index (κ1) is 17.3. The van der Waals surface area contributed by atoms with Crippen molar-refractivity contribution in [3.63, 3.8) is 0 Å². The van der Waals surface area contributed by atoms with Crippen molar-refractivity contribution >= 4 is 29.6 Å². The molecule has 1 aliphatic carbocycles. The van der Waals surface area contributed by atoms with E-state index in [0.29, 0.717) is 11.6 Å². The molecule has 8 nitrogen and oxygen atoms in total. The molecular weight excluding hydrogens is 328 g/mol. The summed E-state index contributed by atoms with van der Waals surface area (Å²) in [4.78, 5) is 64.1. The van der Waals surface area contributed by atoms with Crippen LogP contribution in [0.15, 0.2) is 12.2 Å². The van der Waals surface area contributed by atoms with Gasteiger partial charge in [-0.15, -0.1) is 5.06 Å². The van der Waals surface area contributed by atoms with Gasteiger partial charge in [-0.25, -0.2) is 4.79 Å². The van der Waals surface area contributed by atoms with E-state index in [4.69, 9.17) is 4.84 Å². The van der Waals surface area contributed by atoms with Gasteiger partial charge in [-0.2, -0.15) is 0 Å². The second-order valence-electron chi connectivity index (χ2n) is 6.76. The summed E-state index contributed by atoms with van der Waals surface area (Å²) in [5, 5.41) is 0.575. The number of carbonyl (C=O) groups is 5. The highest BCUT2D eigenvalue weighted by Gasteiger charge is 2.34. The number of nitrogens with zero attached hydrogens (tertiary/aromatic N) is 2. The molecule has 0 aromatic heterocycles. The first-order chi connectivity index (χ1) is 11.9. The number of imide groups is 2. The first-order valence-corrected chi connectivity index (χ1v) is 8.54. The number of hydrogen-bond acceptors (Lipinski definition) is 6. The molecule has 0 N–H and O–H groups in total. The van der Waals surface area contributed by atoms with Crippen molar-refractivity contribution in [2.45, 2.75) is 44.9 Å². The Balaban J connectivity index is 1.41. The summed E-state index contributed by atoms with van der Waals surface area (Å²) in [7, 11) is 0. The highest BCUT2D eigenvalue weighted by atomic mass is 16.7. The Hall–Kier alpha value is -2.51. The highest BCUT2D eigenvalue weighted by Crippen LogP contribution is 2.32. The van der Waals surface area contributed by atoms with Gasteiger partial charge in [0.2, 0.25) is 0 Å². The number of rotatable bonds is 5. The topological polar surface area (TPSA) is 101 Å². The maximum Gasteiger partial charge on any atom is 0.333 e. The van der Waals surface area contributed by atoms with Gasteiger partial charge < -0.3 is 4.84 Å². The van der Waals surface area contributed by atoms with Crippen LogP contribution in [-0.2, 0) is 28.8 Å². The van der Waals surface area contributed by atoms with E-state index in [-0.39, 0.29) is 42.9 Å². The van der Waals surface area contributed by atoms with E-state index in [1.807, 2.05) is 0 Å². The molecule has 1 saturated heterocycles. The van der Waals surface area contributed by atoms with Gasteiger partial charge in [0.25, 0.3) is 23.6 Å². The minimum Gasteiger partial charge on any atom is -0.330 e. The summed E-state index contributed by atoms with van der Waals surface area (Å²) in [6.07, 6.45) is 6.09. The summed E-state index contributed by atoms with van der Waals surface area (Å²) in [5.74, 6) is -1.69. The molecule has 2 fully saturated rings. The third-order valence-electron chi connectivity index (χ3n) is 4.96. The number of hydrogen-bond donors (Lipinski definition) is 0. The summed E-state index contributed by atoms with van der Waals surface area (Å²) in [6, 6.07) is 0. The molecule has 2 aliphatic heterocycles. The van der Waals surface area contributed by atoms with Crippen LogP contribution in [0.2, 0.25) is 0 Å². The molecule has 3 aliphatic rings. The Morgan fingerprint density at radius 3 is 2.00 bits per heavy atom. The van der Waals surface area contributed by atoms with Crippen LogP contribution in [0, 0.1) is 11.8 Å². The molecule has 0 spiro atoms. The lowest BCUT2D eigenvalue weighted by Gasteiger charge is -2.30. The Bertz CT molecular complexity index is 614. The van der Waals surface area contributed by atoms with Crippen LogP contribution in [0.3, 0.4) is 0 Å². The van der Waals surface area contributed by atoms with Gasteiger partial charge in [-0.3, -0.25) is 24.1 Å². The van der Waals surface area contributed by atoms with Gasteiger partial charge in [0.15, 0.2) is 0 Å². The Labute approximate surface area is 144 Å². The molecule has 134 valence electrons. The van der Waals surface area contributed by atoms with Gasteiger partial charge >= 0.3 is 5.97 Å². The van der Waals surface area contributed by atoms with Crippen molar-refractivity contribution in [1.82, 2.24) is 9.96 Å². The van der Waals surface area contributed by atoms with Crippen molar-refractivity contribution in [2.75, 3.05) is 6.54 Å². The maximum atomic E-state index is 11.9. The molecule has 0 bridgehead atoms. The number of amides is 4. The van der Waals surface area contributed by atoms with Crippen molar-refractivity contribution in [3.8, 4) is 0 Å². The molecule has 0 aromatic rings. The minimum absolute atomic E-state index is 0.0834. The molecule has 25 heavy (non-hydrogen) atoms. The van der Waals surface area contributed by atoms with E-state index in [0.717, 1.165) is 25.7 Å². The zero-order valence-electron chi connectivity index (χ0n) is 13.8. The molecule has 4 amide bonds. The monoisotopic (exact) mass is 348 g/mol. The first-order valence-electron chi connectivity index (χ1n) is 8.54. The molecular formula is C17H20N2O6. The summed E-state index contributed by atoms with van der Waals surface area (Å²) >= 11 is 0. The van der Waals surface area contributed by atoms with Gasteiger partial charge in [0.1, 0.15) is 0 Å². The van der Waals surface area contributed by atoms with Crippen molar-refractivity contribution in [3.05, 3.63) is 12.2 Å². The predicted molar refractivity (Wildman–Crippen MR) is 83.1 cm³/mol. The van der Waals surface area contributed by atoms with Crippen LogP contribution in [0.1, 0.15) is 44.9 Å². The average Bonchev–Trinajstić information content (AvgIpc) is 3.06. The van der Waals surface area contributed by atoms with Crippen LogP contribution in [0.25, 0.3) is 0 Å². The van der Waals surface area contributed by atoms with Crippen molar-refractivity contribution in [1.29, 1.82) is 0 Å². The van der Waals surface area contributed by atoms with Crippen molar-refractivity contribution in [2.24, 2.45) is 11.8 Å². The molecule has 0 unspecified atom stereocenters. The van der Waals surface area contributed by atoms with E-state index in [1.54, 1.807) is 0 Å². The number of carbonyl (C=O) groups excluding carboxylic acids is 5. The van der Waals surface area contributed by atoms with E-state index in [9.17, 15) is 24.0 Å². The SMILES string of the molecule is O=C(C[C@H]1CC[C@H](CN2C(=O)C=CC2=O)CC1)ON1C(=O)CCC1=O. The lowest BCUT2D eigenvalue weighted by Crippen LogP contribution is -2.36. The van der Waals surface area contributed by atoms with Crippen LogP contribution in [-0.4, -0.2) is 46.1 Å². The van der Waals surface area contributed by atoms with Crippen LogP contribution < -0.4 is 0 Å². The second kappa shape index (κ2) is 7.16. The zero-order chi connectivity index (χ0) is 18.0. The maximum absolute atomic E-state index is 11.9. The summed E-state index contributed by atoms with van der Waals surface area (Å²) in [6.45, 7) is 0.415. The van der Waals surface area contributed by atoms with Gasteiger partial charge in [0, 0.05) is 31.5 Å². The molecule has 3 rings (SSSR count). The van der Waals surface area contributed by atoms with Crippen LogP contribution >= 0.6 is 0 Å². The van der Waals surface area contributed by atoms with Gasteiger partial charge in [0.05, 0.1) is 6.42 Å². The second-order valence-corrected chi connectivity index (χ2v) is 6.76. The molecule has 2 heterocycles. The minimum atomic E-state index is -0.568. The zero-order valence-corrected chi connectivity index (χ0v) is 13.8. The summed E-state index contributed by atoms with van der Waals surface area (Å²) < 4.78 is 0. The van der Waals surface area contributed by atoms with E-state index in [1.165, 1.54) is 17.1 Å². The molecule has 1 saturated carbocycles. The van der Waals surface area contributed by atoms with Gasteiger partial charge in [-0.1, -0.05) is 0 Å². The normalized spacial score (nSPS) is 26.7. The fourth-order valence-electron chi connectivity index (χ4n) is 3.52. The Morgan fingerprint density at radius 1 is 0.920 bits per heavy atom. The van der Waals surface area contributed by atoms with Crippen LogP contribution in [0.4, 0.5) is 0 Å². The largest absolute Gasteiger partial charge is 0.333 e. The number of hydroxylamine groups is 2. The lowest BCUT2D eigenvalue weighted by atomic mass is 9.80. The third-order valence-corrected chi connectivity index (χ3v) is 4.96. The Morgan fingerprint density at radius 2 is 1.44 bits per heavy atom. The quantitative estimate of drug-likeness (QED) is 0.679. The molecule has 0 radical (unpaired) electrons. The van der Waals surface area contributed by atoms with E-state index < -0.39 is 17.8 Å². The van der Waals surface area contributed by atoms with Crippen LogP contribution in [0.5, 0.6) is 0 Å². The molecule has 0 aromatic carbocycles. The van der Waals surface area contributed by atoms with Gasteiger partial charge in [-0.05, 0) is 37.5 Å². The fraction of sp³-hybridized carbons (Fsp3) is 0.588. The molecule has 8 heteroatoms. The van der Waals surface area contributed by atoms with E-state index in [2.05, 4.69) is 0 Å². The van der Waals surface area contributed by atoms with Crippen molar-refractivity contribution < 1.29 is 28.8 Å². The van der Waals surface area contributed by atoms with E-state index >= 15 is 0 Å². The average molecular weight is 348 g/mol. The smallest absolute Gasteiger partial charge is 0.330 e.